The summed E-state index contributed by atoms with van der Waals surface area (Å²) in [6.07, 6.45) is 1.26. The molecule has 4 aromatic rings. The summed E-state index contributed by atoms with van der Waals surface area (Å²) in [5.74, 6) is -0.485. The molecule has 0 aliphatic rings. The van der Waals surface area contributed by atoms with Gasteiger partial charge in [-0.3, -0.25) is 19.5 Å². The summed E-state index contributed by atoms with van der Waals surface area (Å²) in [5, 5.41) is 15.4. The fourth-order valence-electron chi connectivity index (χ4n) is 3.58. The van der Waals surface area contributed by atoms with Crippen molar-refractivity contribution in [2.75, 3.05) is 0 Å². The van der Waals surface area contributed by atoms with Crippen LogP contribution in [-0.2, 0) is 6.54 Å². The maximum atomic E-state index is 12.5. The zero-order valence-electron chi connectivity index (χ0n) is 18.3. The highest BCUT2D eigenvalue weighted by Crippen LogP contribution is 2.25. The quantitative estimate of drug-likeness (QED) is 0.399. The third kappa shape index (κ3) is 4.45. The fourth-order valence-corrected chi connectivity index (χ4v) is 3.82. The maximum Gasteiger partial charge on any atom is 0.335 e. The first-order chi connectivity index (χ1) is 15.8. The molecule has 2 N–H and O–H groups in total. The van der Waals surface area contributed by atoms with E-state index in [4.69, 9.17) is 0 Å². The first-order valence-electron chi connectivity index (χ1n) is 10.2. The second kappa shape index (κ2) is 9.03. The molecule has 0 amide bonds. The lowest BCUT2D eigenvalue weighted by Gasteiger charge is -2.11. The summed E-state index contributed by atoms with van der Waals surface area (Å²) >= 11 is 3.42. The van der Waals surface area contributed by atoms with Crippen LogP contribution in [0.5, 0.6) is 5.88 Å². The van der Waals surface area contributed by atoms with Crippen molar-refractivity contribution in [1.82, 2.24) is 19.3 Å². The van der Waals surface area contributed by atoms with Crippen LogP contribution in [0.4, 0.5) is 5.69 Å². The molecule has 0 unspecified atom stereocenters. The summed E-state index contributed by atoms with van der Waals surface area (Å²) in [7, 11) is 0. The Balaban J connectivity index is 1.74. The molecule has 4 rings (SSSR count). The molecular formula is C24H22BrN5O3. The van der Waals surface area contributed by atoms with Gasteiger partial charge in [-0.1, -0.05) is 46.3 Å². The molecule has 0 atom stereocenters. The summed E-state index contributed by atoms with van der Waals surface area (Å²) in [6, 6.07) is 15.1. The minimum Gasteiger partial charge on any atom is -0.493 e. The molecule has 0 radical (unpaired) electrons. The summed E-state index contributed by atoms with van der Waals surface area (Å²) in [5.41, 5.74) is 2.92. The summed E-state index contributed by atoms with van der Waals surface area (Å²) in [6.45, 7) is 6.17. The minimum atomic E-state index is -0.737. The van der Waals surface area contributed by atoms with Crippen molar-refractivity contribution in [3.8, 4) is 11.6 Å². The Morgan fingerprint density at radius 1 is 1.12 bits per heavy atom. The van der Waals surface area contributed by atoms with Crippen LogP contribution < -0.4 is 11.2 Å². The van der Waals surface area contributed by atoms with Crippen LogP contribution in [0.25, 0.3) is 5.69 Å². The van der Waals surface area contributed by atoms with Gasteiger partial charge < -0.3 is 5.11 Å². The number of hydrogen-bond acceptors (Lipinski definition) is 5. The first-order valence-corrected chi connectivity index (χ1v) is 11.0. The van der Waals surface area contributed by atoms with E-state index in [-0.39, 0.29) is 5.56 Å². The topological polar surface area (TPSA) is 105 Å². The molecule has 168 valence electrons. The van der Waals surface area contributed by atoms with Crippen molar-refractivity contribution < 1.29 is 5.11 Å². The molecule has 0 saturated heterocycles. The van der Waals surface area contributed by atoms with Crippen LogP contribution in [-0.4, -0.2) is 30.7 Å². The molecule has 33 heavy (non-hydrogen) atoms. The van der Waals surface area contributed by atoms with Gasteiger partial charge in [-0.05, 0) is 50.1 Å². The molecule has 0 spiro atoms. The number of H-pyrrole nitrogens is 1. The standard InChI is InChI=1S/C24H22BrN5O3/c1-14-11-18(9-10-20(14)25)30-23(32)19(22(31)27-24(30)33)12-26-21-15(2)28-29(16(21)3)13-17-7-5-4-6-8-17/h4-12,32H,13H2,1-3H3,(H,27,31,33). The lowest BCUT2D eigenvalue weighted by molar-refractivity contribution is 0.430. The third-order valence-corrected chi connectivity index (χ3v) is 6.25. The van der Waals surface area contributed by atoms with Crippen LogP contribution in [0.15, 0.2) is 67.6 Å². The van der Waals surface area contributed by atoms with Crippen molar-refractivity contribution in [1.29, 1.82) is 0 Å². The normalized spacial score (nSPS) is 11.4. The van der Waals surface area contributed by atoms with Crippen molar-refractivity contribution in [2.45, 2.75) is 27.3 Å². The fraction of sp³-hybridized carbons (Fsp3) is 0.167. The van der Waals surface area contributed by atoms with E-state index in [0.29, 0.717) is 23.6 Å². The van der Waals surface area contributed by atoms with E-state index in [1.165, 1.54) is 6.21 Å². The predicted molar refractivity (Wildman–Crippen MR) is 131 cm³/mol. The number of aromatic amines is 1. The number of halogens is 1. The lowest BCUT2D eigenvalue weighted by atomic mass is 10.2. The van der Waals surface area contributed by atoms with E-state index in [1.54, 1.807) is 18.2 Å². The Labute approximate surface area is 198 Å². The van der Waals surface area contributed by atoms with Crippen LogP contribution in [0.1, 0.15) is 28.1 Å². The second-order valence-corrected chi connectivity index (χ2v) is 8.54. The zero-order valence-corrected chi connectivity index (χ0v) is 19.9. The van der Waals surface area contributed by atoms with Gasteiger partial charge in [0.05, 0.1) is 23.6 Å². The molecule has 2 heterocycles. The summed E-state index contributed by atoms with van der Waals surface area (Å²) < 4.78 is 3.75. The Morgan fingerprint density at radius 2 is 1.85 bits per heavy atom. The molecular weight excluding hydrogens is 486 g/mol. The van der Waals surface area contributed by atoms with Crippen LogP contribution in [0, 0.1) is 20.8 Å². The average molecular weight is 508 g/mol. The number of aliphatic imine (C=N–C) groups is 1. The monoisotopic (exact) mass is 507 g/mol. The first kappa shape index (κ1) is 22.5. The van der Waals surface area contributed by atoms with Crippen LogP contribution >= 0.6 is 15.9 Å². The van der Waals surface area contributed by atoms with E-state index >= 15 is 0 Å². The molecule has 8 nitrogen and oxygen atoms in total. The number of nitrogens with zero attached hydrogens (tertiary/aromatic N) is 4. The zero-order chi connectivity index (χ0) is 23.7. The predicted octanol–water partition coefficient (Wildman–Crippen LogP) is 3.91. The molecule has 9 heteroatoms. The van der Waals surface area contributed by atoms with E-state index in [1.807, 2.05) is 55.8 Å². The molecule has 0 saturated carbocycles. The largest absolute Gasteiger partial charge is 0.493 e. The Bertz CT molecular complexity index is 1480. The van der Waals surface area contributed by atoms with E-state index in [0.717, 1.165) is 25.9 Å². The van der Waals surface area contributed by atoms with Gasteiger partial charge in [0.2, 0.25) is 5.88 Å². The van der Waals surface area contributed by atoms with E-state index in [9.17, 15) is 14.7 Å². The van der Waals surface area contributed by atoms with Crippen LogP contribution in [0.2, 0.25) is 0 Å². The number of aromatic hydroxyl groups is 1. The van der Waals surface area contributed by atoms with Gasteiger partial charge in [0, 0.05) is 10.7 Å². The molecule has 2 aromatic carbocycles. The number of rotatable bonds is 5. The number of aromatic nitrogens is 4. The van der Waals surface area contributed by atoms with Crippen molar-refractivity contribution in [3.05, 3.63) is 102 Å². The second-order valence-electron chi connectivity index (χ2n) is 7.69. The van der Waals surface area contributed by atoms with Crippen molar-refractivity contribution >= 4 is 27.8 Å². The van der Waals surface area contributed by atoms with Gasteiger partial charge in [0.1, 0.15) is 11.3 Å². The van der Waals surface area contributed by atoms with Gasteiger partial charge in [0.25, 0.3) is 5.56 Å². The van der Waals surface area contributed by atoms with E-state index < -0.39 is 17.1 Å². The SMILES string of the molecule is Cc1cc(-n2c(O)c(C=Nc3c(C)nn(Cc4ccccc4)c3C)c(=O)[nH]c2=O)ccc1Br. The highest BCUT2D eigenvalue weighted by molar-refractivity contribution is 9.10. The van der Waals surface area contributed by atoms with Gasteiger partial charge in [-0.15, -0.1) is 0 Å². The Kier molecular flexibility index (Phi) is 6.15. The summed E-state index contributed by atoms with van der Waals surface area (Å²) in [4.78, 5) is 31.6. The van der Waals surface area contributed by atoms with Gasteiger partial charge in [0.15, 0.2) is 0 Å². The van der Waals surface area contributed by atoms with Crippen molar-refractivity contribution in [2.24, 2.45) is 4.99 Å². The molecule has 0 fully saturated rings. The lowest BCUT2D eigenvalue weighted by Crippen LogP contribution is -2.31. The van der Waals surface area contributed by atoms with E-state index in [2.05, 4.69) is 31.0 Å². The highest BCUT2D eigenvalue weighted by Gasteiger charge is 2.16. The number of aryl methyl sites for hydroxylation is 2. The molecule has 0 bridgehead atoms. The highest BCUT2D eigenvalue weighted by atomic mass is 79.9. The molecule has 0 aliphatic heterocycles. The number of nitrogens with one attached hydrogen (secondary N) is 1. The Morgan fingerprint density at radius 3 is 2.55 bits per heavy atom. The number of benzene rings is 2. The smallest absolute Gasteiger partial charge is 0.335 e. The number of hydrogen-bond donors (Lipinski definition) is 2. The molecule has 0 aliphatic carbocycles. The minimum absolute atomic E-state index is 0.121. The van der Waals surface area contributed by atoms with Gasteiger partial charge in [-0.25, -0.2) is 9.36 Å². The van der Waals surface area contributed by atoms with Crippen molar-refractivity contribution in [3.63, 3.8) is 0 Å². The van der Waals surface area contributed by atoms with Gasteiger partial charge >= 0.3 is 5.69 Å². The molecule has 2 aromatic heterocycles. The Hall–Kier alpha value is -3.72. The van der Waals surface area contributed by atoms with Crippen LogP contribution in [0.3, 0.4) is 0 Å². The third-order valence-electron chi connectivity index (χ3n) is 5.36. The maximum absolute atomic E-state index is 12.5. The van der Waals surface area contributed by atoms with Gasteiger partial charge in [-0.2, -0.15) is 5.10 Å². The average Bonchev–Trinajstić information content (AvgIpc) is 3.03.